The summed E-state index contributed by atoms with van der Waals surface area (Å²) in [6, 6.07) is 4.76. The van der Waals surface area contributed by atoms with Crippen molar-refractivity contribution in [1.29, 1.82) is 0 Å². The summed E-state index contributed by atoms with van der Waals surface area (Å²) < 4.78 is 79.3. The predicted molar refractivity (Wildman–Crippen MR) is 104 cm³/mol. The van der Waals surface area contributed by atoms with Gasteiger partial charge in [0.05, 0.1) is 11.1 Å². The minimum atomic E-state index is -4.99. The van der Waals surface area contributed by atoms with Crippen LogP contribution in [0, 0.1) is 0 Å². The Labute approximate surface area is 182 Å². The van der Waals surface area contributed by atoms with Crippen LogP contribution >= 0.6 is 0 Å². The molecule has 2 aromatic heterocycles. The van der Waals surface area contributed by atoms with E-state index in [2.05, 4.69) is 20.5 Å². The van der Waals surface area contributed by atoms with Crippen LogP contribution in [0.1, 0.15) is 16.7 Å². The van der Waals surface area contributed by atoms with Crippen LogP contribution < -0.4 is 10.4 Å². The molecule has 0 unspecified atom stereocenters. The van der Waals surface area contributed by atoms with Gasteiger partial charge in [-0.2, -0.15) is 26.3 Å². The molecular weight excluding hydrogens is 454 g/mol. The lowest BCUT2D eigenvalue weighted by Gasteiger charge is -2.17. The molecule has 172 valence electrons. The first-order valence-electron chi connectivity index (χ1n) is 9.42. The van der Waals surface area contributed by atoms with Crippen LogP contribution in [0.5, 0.6) is 0 Å². The number of hydrogen-bond donors (Lipinski definition) is 1. The maximum Gasteiger partial charge on any atom is 0.416 e. The van der Waals surface area contributed by atoms with Crippen LogP contribution in [0.15, 0.2) is 48.9 Å². The molecule has 7 nitrogen and oxygen atoms in total. The molecule has 0 fully saturated rings. The second-order valence-electron chi connectivity index (χ2n) is 7.02. The fraction of sp³-hybridized carbons (Fsp3) is 0.200. The lowest BCUT2D eigenvalue weighted by atomic mass is 10.0. The molecule has 3 heterocycles. The molecule has 0 radical (unpaired) electrons. The van der Waals surface area contributed by atoms with Crippen molar-refractivity contribution in [1.82, 2.24) is 25.2 Å². The van der Waals surface area contributed by atoms with Gasteiger partial charge in [0.25, 0.3) is 5.91 Å². The Morgan fingerprint density at radius 3 is 2.39 bits per heavy atom. The van der Waals surface area contributed by atoms with Gasteiger partial charge >= 0.3 is 12.4 Å². The lowest BCUT2D eigenvalue weighted by Crippen LogP contribution is -2.40. The van der Waals surface area contributed by atoms with E-state index >= 15 is 0 Å². The molecule has 1 aliphatic rings. The summed E-state index contributed by atoms with van der Waals surface area (Å²) in [5.74, 6) is -0.286. The summed E-state index contributed by atoms with van der Waals surface area (Å²) in [5.41, 5.74) is 0.187. The Hall–Kier alpha value is -3.90. The average molecular weight is 468 g/mol. The highest BCUT2D eigenvalue weighted by Gasteiger charge is 2.37. The van der Waals surface area contributed by atoms with Gasteiger partial charge in [-0.05, 0) is 36.2 Å². The first kappa shape index (κ1) is 22.3. The molecule has 1 aromatic carbocycles. The molecule has 0 bridgehead atoms. The van der Waals surface area contributed by atoms with Gasteiger partial charge < -0.3 is 0 Å². The minimum absolute atomic E-state index is 0.0239. The molecule has 1 N–H and O–H groups in total. The molecule has 33 heavy (non-hydrogen) atoms. The molecule has 0 atom stereocenters. The van der Waals surface area contributed by atoms with E-state index in [0.717, 1.165) is 22.6 Å². The van der Waals surface area contributed by atoms with Crippen molar-refractivity contribution >= 4 is 17.9 Å². The minimum Gasteiger partial charge on any atom is -0.268 e. The van der Waals surface area contributed by atoms with Crippen LogP contribution in [0.25, 0.3) is 17.6 Å². The molecular formula is C20H14F6N6O. The Balaban J connectivity index is 1.51. The number of pyridine rings is 1. The van der Waals surface area contributed by atoms with Crippen molar-refractivity contribution < 1.29 is 31.1 Å². The largest absolute Gasteiger partial charge is 0.416 e. The molecule has 1 amide bonds. The van der Waals surface area contributed by atoms with Gasteiger partial charge in [0.15, 0.2) is 5.82 Å². The summed E-state index contributed by atoms with van der Waals surface area (Å²) in [6.07, 6.45) is -4.37. The number of alkyl halides is 6. The lowest BCUT2D eigenvalue weighted by molar-refractivity contribution is -0.143. The van der Waals surface area contributed by atoms with Crippen molar-refractivity contribution in [3.05, 3.63) is 65.6 Å². The molecule has 1 aliphatic heterocycles. The van der Waals surface area contributed by atoms with Gasteiger partial charge in [-0.15, -0.1) is 5.10 Å². The highest BCUT2D eigenvalue weighted by atomic mass is 19.4. The van der Waals surface area contributed by atoms with E-state index in [1.807, 2.05) is 6.07 Å². The van der Waals surface area contributed by atoms with Gasteiger partial charge in [-0.1, -0.05) is 6.07 Å². The van der Waals surface area contributed by atoms with E-state index in [0.29, 0.717) is 30.9 Å². The number of amides is 1. The number of aromatic nitrogens is 4. The van der Waals surface area contributed by atoms with Crippen LogP contribution in [-0.2, 0) is 23.6 Å². The molecule has 0 spiro atoms. The number of halogens is 6. The van der Waals surface area contributed by atoms with Gasteiger partial charge in [0, 0.05) is 30.6 Å². The Morgan fingerprint density at radius 1 is 1.03 bits per heavy atom. The quantitative estimate of drug-likeness (QED) is 0.464. The number of carbonyl (C=O) groups is 1. The van der Waals surface area contributed by atoms with Crippen LogP contribution in [0.4, 0.5) is 32.2 Å². The van der Waals surface area contributed by atoms with E-state index in [1.165, 1.54) is 6.20 Å². The third kappa shape index (κ3) is 4.96. The number of hydrazine groups is 1. The van der Waals surface area contributed by atoms with Gasteiger partial charge in [0.2, 0.25) is 0 Å². The number of anilines is 1. The first-order valence-corrected chi connectivity index (χ1v) is 9.42. The van der Waals surface area contributed by atoms with Crippen LogP contribution in [-0.4, -0.2) is 32.2 Å². The van der Waals surface area contributed by atoms with Gasteiger partial charge in [-0.3, -0.25) is 15.2 Å². The number of nitrogens with one attached hydrogen (secondary N) is 1. The Bertz CT molecular complexity index is 1180. The zero-order valence-electron chi connectivity index (χ0n) is 16.5. The molecule has 0 saturated carbocycles. The molecule has 3 aromatic rings. The summed E-state index contributed by atoms with van der Waals surface area (Å²) in [4.78, 5) is 20.1. The summed E-state index contributed by atoms with van der Waals surface area (Å²) in [5, 5.41) is 5.41. The second kappa shape index (κ2) is 8.22. The van der Waals surface area contributed by atoms with E-state index < -0.39 is 35.0 Å². The number of rotatable bonds is 4. The smallest absolute Gasteiger partial charge is 0.268 e. The third-order valence-electron chi connectivity index (χ3n) is 4.71. The number of hydrogen-bond acceptors (Lipinski definition) is 5. The SMILES string of the molecule is O=C(/C=C\n1cnc(-c2cc(C(F)(F)F)cc(C(F)(F)F)c2)n1)NN1CCc2cccnc21. The summed E-state index contributed by atoms with van der Waals surface area (Å²) >= 11 is 0. The monoisotopic (exact) mass is 468 g/mol. The zero-order chi connectivity index (χ0) is 23.8. The number of benzene rings is 1. The van der Waals surface area contributed by atoms with E-state index in [-0.39, 0.29) is 11.9 Å². The van der Waals surface area contributed by atoms with Crippen LogP contribution in [0.3, 0.4) is 0 Å². The van der Waals surface area contributed by atoms with Crippen molar-refractivity contribution in [2.75, 3.05) is 11.6 Å². The van der Waals surface area contributed by atoms with Crippen molar-refractivity contribution in [2.24, 2.45) is 0 Å². The fourth-order valence-corrected chi connectivity index (χ4v) is 3.19. The number of nitrogens with zero attached hydrogens (tertiary/aromatic N) is 5. The Morgan fingerprint density at radius 2 is 1.73 bits per heavy atom. The maximum absolute atomic E-state index is 13.0. The van der Waals surface area contributed by atoms with Crippen molar-refractivity contribution in [3.63, 3.8) is 0 Å². The van der Waals surface area contributed by atoms with Gasteiger partial charge in [0.1, 0.15) is 12.1 Å². The fourth-order valence-electron chi connectivity index (χ4n) is 3.19. The first-order chi connectivity index (χ1) is 15.5. The highest BCUT2D eigenvalue weighted by molar-refractivity contribution is 5.91. The predicted octanol–water partition coefficient (Wildman–Crippen LogP) is 3.94. The number of fused-ring (bicyclic) bond motifs is 1. The van der Waals surface area contributed by atoms with Crippen molar-refractivity contribution in [2.45, 2.75) is 18.8 Å². The molecule has 0 saturated heterocycles. The Kier molecular flexibility index (Phi) is 5.56. The van der Waals surface area contributed by atoms with Gasteiger partial charge in [-0.25, -0.2) is 14.6 Å². The van der Waals surface area contributed by atoms with Crippen molar-refractivity contribution in [3.8, 4) is 11.4 Å². The summed E-state index contributed by atoms with van der Waals surface area (Å²) in [7, 11) is 0. The average Bonchev–Trinajstić information content (AvgIpc) is 3.38. The molecule has 0 aliphatic carbocycles. The normalized spacial score (nSPS) is 14.1. The van der Waals surface area contributed by atoms with E-state index in [9.17, 15) is 31.1 Å². The van der Waals surface area contributed by atoms with E-state index in [1.54, 1.807) is 17.3 Å². The third-order valence-corrected chi connectivity index (χ3v) is 4.71. The zero-order valence-corrected chi connectivity index (χ0v) is 16.5. The second-order valence-corrected chi connectivity index (χ2v) is 7.02. The standard InChI is InChI=1S/C20H14F6N6O/c21-19(22,23)14-8-13(9-15(10-14)20(24,25)26)17-28-11-31(30-17)6-4-16(33)29-32-7-3-12-2-1-5-27-18(12)32/h1-2,4-6,8-11H,3,7H2,(H,29,33)/b6-4-. The highest BCUT2D eigenvalue weighted by Crippen LogP contribution is 2.38. The van der Waals surface area contributed by atoms with E-state index in [4.69, 9.17) is 0 Å². The maximum atomic E-state index is 13.0. The molecule has 13 heteroatoms. The number of carbonyl (C=O) groups excluding carboxylic acids is 1. The van der Waals surface area contributed by atoms with Crippen LogP contribution in [0.2, 0.25) is 0 Å². The summed E-state index contributed by atoms with van der Waals surface area (Å²) in [6.45, 7) is 0.524. The topological polar surface area (TPSA) is 75.9 Å². The molecule has 4 rings (SSSR count).